The normalized spacial score (nSPS) is 19.3. The summed E-state index contributed by atoms with van der Waals surface area (Å²) in [5.74, 6) is 1.48. The van der Waals surface area contributed by atoms with E-state index in [2.05, 4.69) is 11.0 Å². The zero-order chi connectivity index (χ0) is 16.8. The molecule has 0 atom stereocenters. The predicted octanol–water partition coefficient (Wildman–Crippen LogP) is 2.68. The molecule has 0 bridgehead atoms. The molecule has 0 unspecified atom stereocenters. The van der Waals surface area contributed by atoms with Crippen molar-refractivity contribution in [3.63, 3.8) is 0 Å². The fourth-order valence-corrected chi connectivity index (χ4v) is 3.39. The fraction of sp³-hybridized carbons (Fsp3) is 0.611. The maximum Gasteiger partial charge on any atom is 0.407 e. The number of nitrogens with zero attached hydrogens (tertiary/aromatic N) is 2. The van der Waals surface area contributed by atoms with Gasteiger partial charge in [-0.1, -0.05) is 12.1 Å². The molecule has 0 saturated carbocycles. The molecule has 1 amide bonds. The number of hydrogen-bond acceptors (Lipinski definition) is 4. The first kappa shape index (κ1) is 16.9. The van der Waals surface area contributed by atoms with E-state index in [1.54, 1.807) is 0 Å². The Labute approximate surface area is 143 Å². The van der Waals surface area contributed by atoms with Crippen LogP contribution in [0.2, 0.25) is 0 Å². The van der Waals surface area contributed by atoms with Crippen molar-refractivity contribution in [2.45, 2.75) is 19.3 Å². The number of para-hydroxylation sites is 2. The number of anilines is 1. The van der Waals surface area contributed by atoms with Gasteiger partial charge in [0.25, 0.3) is 0 Å². The topological polar surface area (TPSA) is 62.2 Å². The van der Waals surface area contributed by atoms with Crippen molar-refractivity contribution in [3.05, 3.63) is 24.3 Å². The number of hydrogen-bond donors (Lipinski definition) is 1. The molecule has 6 heteroatoms. The van der Waals surface area contributed by atoms with Crippen LogP contribution in [-0.4, -0.2) is 62.1 Å². The average Bonchev–Trinajstić information content (AvgIpc) is 2.63. The summed E-state index contributed by atoms with van der Waals surface area (Å²) in [5.41, 5.74) is 1.14. The molecular weight excluding hydrogens is 308 g/mol. The van der Waals surface area contributed by atoms with E-state index in [0.717, 1.165) is 57.0 Å². The second-order valence-electron chi connectivity index (χ2n) is 6.42. The van der Waals surface area contributed by atoms with Gasteiger partial charge in [-0.2, -0.15) is 0 Å². The summed E-state index contributed by atoms with van der Waals surface area (Å²) in [6.07, 6.45) is 2.04. The van der Waals surface area contributed by atoms with Crippen LogP contribution < -0.4 is 9.64 Å². The Hall–Kier alpha value is -1.95. The number of benzene rings is 1. The number of amides is 1. The first-order chi connectivity index (χ1) is 11.7. The summed E-state index contributed by atoms with van der Waals surface area (Å²) in [4.78, 5) is 14.8. The summed E-state index contributed by atoms with van der Waals surface area (Å²) in [6, 6.07) is 8.17. The Morgan fingerprint density at radius 3 is 2.58 bits per heavy atom. The van der Waals surface area contributed by atoms with Crippen LogP contribution in [0.4, 0.5) is 10.5 Å². The first-order valence-electron chi connectivity index (χ1n) is 8.76. The Morgan fingerprint density at radius 2 is 1.88 bits per heavy atom. The molecule has 2 fully saturated rings. The highest BCUT2D eigenvalue weighted by Crippen LogP contribution is 2.29. The van der Waals surface area contributed by atoms with Gasteiger partial charge in [0, 0.05) is 26.2 Å². The molecule has 2 aliphatic rings. The highest BCUT2D eigenvalue weighted by atomic mass is 16.5. The van der Waals surface area contributed by atoms with Gasteiger partial charge in [0.1, 0.15) is 5.75 Å². The Kier molecular flexibility index (Phi) is 5.80. The zero-order valence-electron chi connectivity index (χ0n) is 14.0. The molecule has 0 radical (unpaired) electrons. The van der Waals surface area contributed by atoms with Crippen LogP contribution in [0.5, 0.6) is 5.75 Å². The number of carbonyl (C=O) groups is 1. The van der Waals surface area contributed by atoms with E-state index in [0.29, 0.717) is 25.6 Å². The van der Waals surface area contributed by atoms with Crippen LogP contribution in [0.3, 0.4) is 0 Å². The average molecular weight is 334 g/mol. The highest BCUT2D eigenvalue weighted by molar-refractivity contribution is 5.65. The van der Waals surface area contributed by atoms with Gasteiger partial charge < -0.3 is 24.4 Å². The van der Waals surface area contributed by atoms with E-state index in [1.807, 2.05) is 18.2 Å². The highest BCUT2D eigenvalue weighted by Gasteiger charge is 2.22. The van der Waals surface area contributed by atoms with E-state index >= 15 is 0 Å². The van der Waals surface area contributed by atoms with Gasteiger partial charge in [-0.15, -0.1) is 0 Å². The van der Waals surface area contributed by atoms with Crippen LogP contribution in [0.25, 0.3) is 0 Å². The lowest BCUT2D eigenvalue weighted by molar-refractivity contribution is 0.119. The lowest BCUT2D eigenvalue weighted by Crippen LogP contribution is -2.37. The van der Waals surface area contributed by atoms with E-state index in [-0.39, 0.29) is 0 Å². The molecule has 2 heterocycles. The third-order valence-electron chi connectivity index (χ3n) is 4.89. The lowest BCUT2D eigenvalue weighted by Gasteiger charge is -2.31. The minimum absolute atomic E-state index is 0.552. The lowest BCUT2D eigenvalue weighted by atomic mass is 9.94. The molecule has 1 aromatic rings. The maximum absolute atomic E-state index is 10.9. The number of carboxylic acid groups (broad SMARTS) is 1. The monoisotopic (exact) mass is 334 g/mol. The van der Waals surface area contributed by atoms with Crippen LogP contribution in [0, 0.1) is 5.92 Å². The quantitative estimate of drug-likeness (QED) is 0.897. The van der Waals surface area contributed by atoms with E-state index in [1.165, 1.54) is 4.90 Å². The van der Waals surface area contributed by atoms with Crippen LogP contribution in [0.1, 0.15) is 19.3 Å². The first-order valence-corrected chi connectivity index (χ1v) is 8.76. The van der Waals surface area contributed by atoms with Gasteiger partial charge in [0.15, 0.2) is 0 Å². The van der Waals surface area contributed by atoms with Gasteiger partial charge in [-0.25, -0.2) is 4.79 Å². The van der Waals surface area contributed by atoms with Crippen LogP contribution in [-0.2, 0) is 4.74 Å². The zero-order valence-corrected chi connectivity index (χ0v) is 14.0. The van der Waals surface area contributed by atoms with Crippen LogP contribution >= 0.6 is 0 Å². The van der Waals surface area contributed by atoms with Gasteiger partial charge in [0.05, 0.1) is 25.5 Å². The summed E-state index contributed by atoms with van der Waals surface area (Å²) < 4.78 is 11.5. The van der Waals surface area contributed by atoms with E-state index < -0.39 is 6.09 Å². The number of morpholine rings is 1. The minimum Gasteiger partial charge on any atom is -0.491 e. The van der Waals surface area contributed by atoms with Gasteiger partial charge in [-0.3, -0.25) is 0 Å². The molecule has 6 nitrogen and oxygen atoms in total. The van der Waals surface area contributed by atoms with Crippen molar-refractivity contribution in [2.75, 3.05) is 50.9 Å². The standard InChI is InChI=1S/C18H26N2O4/c21-18(22)20-8-5-15(6-9-20)7-12-24-17-4-2-1-3-16(17)19-10-13-23-14-11-19/h1-4,15H,5-14H2,(H,21,22). The Bertz CT molecular complexity index is 538. The third-order valence-corrected chi connectivity index (χ3v) is 4.89. The van der Waals surface area contributed by atoms with Gasteiger partial charge in [0.2, 0.25) is 0 Å². The van der Waals surface area contributed by atoms with Crippen molar-refractivity contribution in [3.8, 4) is 5.75 Å². The number of likely N-dealkylation sites (tertiary alicyclic amines) is 1. The maximum atomic E-state index is 10.9. The molecule has 132 valence electrons. The van der Waals surface area contributed by atoms with Crippen molar-refractivity contribution in [1.82, 2.24) is 4.90 Å². The van der Waals surface area contributed by atoms with Crippen LogP contribution in [0.15, 0.2) is 24.3 Å². The molecule has 1 N–H and O–H groups in total. The smallest absolute Gasteiger partial charge is 0.407 e. The molecular formula is C18H26N2O4. The largest absolute Gasteiger partial charge is 0.491 e. The van der Waals surface area contributed by atoms with Crippen molar-refractivity contribution >= 4 is 11.8 Å². The second-order valence-corrected chi connectivity index (χ2v) is 6.42. The van der Waals surface area contributed by atoms with Crippen molar-refractivity contribution in [1.29, 1.82) is 0 Å². The number of rotatable bonds is 5. The summed E-state index contributed by atoms with van der Waals surface area (Å²) >= 11 is 0. The predicted molar refractivity (Wildman–Crippen MR) is 91.9 cm³/mol. The SMILES string of the molecule is O=C(O)N1CCC(CCOc2ccccc2N2CCOCC2)CC1. The number of piperidine rings is 1. The second kappa shape index (κ2) is 8.24. The molecule has 0 aromatic heterocycles. The molecule has 0 spiro atoms. The molecule has 2 aliphatic heterocycles. The summed E-state index contributed by atoms with van der Waals surface area (Å²) in [7, 11) is 0. The molecule has 24 heavy (non-hydrogen) atoms. The van der Waals surface area contributed by atoms with E-state index in [4.69, 9.17) is 14.6 Å². The summed E-state index contributed by atoms with van der Waals surface area (Å²) in [6.45, 7) is 5.28. The third kappa shape index (κ3) is 4.32. The van der Waals surface area contributed by atoms with Crippen molar-refractivity contribution < 1.29 is 19.4 Å². The molecule has 3 rings (SSSR count). The Morgan fingerprint density at radius 1 is 1.17 bits per heavy atom. The molecule has 0 aliphatic carbocycles. The number of ether oxygens (including phenoxy) is 2. The fourth-order valence-electron chi connectivity index (χ4n) is 3.39. The molecule has 1 aromatic carbocycles. The van der Waals surface area contributed by atoms with Crippen molar-refractivity contribution in [2.24, 2.45) is 5.92 Å². The Balaban J connectivity index is 1.48. The van der Waals surface area contributed by atoms with Gasteiger partial charge >= 0.3 is 6.09 Å². The summed E-state index contributed by atoms with van der Waals surface area (Å²) in [5, 5.41) is 8.99. The van der Waals surface area contributed by atoms with Gasteiger partial charge in [-0.05, 0) is 37.3 Å². The van der Waals surface area contributed by atoms with E-state index in [9.17, 15) is 4.79 Å². The minimum atomic E-state index is -0.802. The molecule has 2 saturated heterocycles.